The number of carbonyl (C=O) groups is 2. The second-order valence-electron chi connectivity index (χ2n) is 3.18. The second-order valence-corrected chi connectivity index (χ2v) is 4.54. The Labute approximate surface area is 108 Å². The van der Waals surface area contributed by atoms with E-state index in [-0.39, 0.29) is 17.9 Å². The number of hydrogen-bond acceptors (Lipinski definition) is 6. The lowest BCUT2D eigenvalue weighted by molar-refractivity contribution is -0.255. The molecule has 10 heteroatoms. The van der Waals surface area contributed by atoms with E-state index in [2.05, 4.69) is 0 Å². The molecule has 1 aromatic carbocycles. The maximum absolute atomic E-state index is 11.0. The first-order chi connectivity index (χ1) is 7.66. The SMILES string of the molecule is Cc1ccc(C(=O)[O-])c(S(=O)(=O)O)c1C(=O)[O-].[NH4+].[NH4+]. The van der Waals surface area contributed by atoms with E-state index in [9.17, 15) is 28.2 Å². The van der Waals surface area contributed by atoms with Crippen molar-refractivity contribution >= 4 is 22.1 Å². The minimum atomic E-state index is -5.02. The van der Waals surface area contributed by atoms with Crippen LogP contribution in [0.1, 0.15) is 26.3 Å². The fourth-order valence-corrected chi connectivity index (χ4v) is 2.30. The molecule has 0 bridgehead atoms. The fourth-order valence-electron chi connectivity index (χ4n) is 1.36. The molecule has 9 N–H and O–H groups in total. The molecule has 0 aliphatic carbocycles. The number of carboxylic acid groups (broad SMARTS) is 2. The van der Waals surface area contributed by atoms with Gasteiger partial charge in [0.15, 0.2) is 0 Å². The monoisotopic (exact) mass is 294 g/mol. The Morgan fingerprint density at radius 2 is 1.58 bits per heavy atom. The topological polar surface area (TPSA) is 208 Å². The molecule has 0 atom stereocenters. The van der Waals surface area contributed by atoms with Crippen LogP contribution in [0, 0.1) is 6.92 Å². The molecule has 108 valence electrons. The molecule has 9 nitrogen and oxygen atoms in total. The van der Waals surface area contributed by atoms with E-state index in [0.717, 1.165) is 12.1 Å². The van der Waals surface area contributed by atoms with Crippen LogP contribution < -0.4 is 22.5 Å². The normalized spacial score (nSPS) is 10.0. The molecule has 0 amide bonds. The molecule has 0 aromatic heterocycles. The first-order valence-electron chi connectivity index (χ1n) is 4.20. The standard InChI is InChI=1S/C9H8O7S.2H3N/c1-4-2-3-5(8(10)11)7(17(14,15)16)6(4)9(12)13;;/h2-3H,1H3,(H,10,11)(H,12,13)(H,14,15,16);2*1H3. The van der Waals surface area contributed by atoms with Gasteiger partial charge in [-0.1, -0.05) is 12.1 Å². The Morgan fingerprint density at radius 3 is 1.89 bits per heavy atom. The zero-order chi connectivity index (χ0) is 13.4. The van der Waals surface area contributed by atoms with Gasteiger partial charge in [-0.2, -0.15) is 8.42 Å². The van der Waals surface area contributed by atoms with E-state index >= 15 is 0 Å². The van der Waals surface area contributed by atoms with E-state index in [1.54, 1.807) is 0 Å². The zero-order valence-electron chi connectivity index (χ0n) is 10.5. The van der Waals surface area contributed by atoms with Gasteiger partial charge in [0.2, 0.25) is 0 Å². The summed E-state index contributed by atoms with van der Waals surface area (Å²) in [6.45, 7) is 1.23. The number of aryl methyl sites for hydroxylation is 1. The molecule has 1 aromatic rings. The quantitative estimate of drug-likeness (QED) is 0.574. The highest BCUT2D eigenvalue weighted by Gasteiger charge is 2.23. The molecule has 0 aliphatic rings. The van der Waals surface area contributed by atoms with Crippen LogP contribution in [0.5, 0.6) is 0 Å². The molecule has 0 saturated heterocycles. The number of hydrogen-bond donors (Lipinski definition) is 3. The number of carboxylic acids is 2. The van der Waals surface area contributed by atoms with Crippen LogP contribution in [0.15, 0.2) is 17.0 Å². The first kappa shape index (κ1) is 19.3. The van der Waals surface area contributed by atoms with Crippen LogP contribution in [0.25, 0.3) is 0 Å². The van der Waals surface area contributed by atoms with Crippen LogP contribution in [0.2, 0.25) is 0 Å². The van der Waals surface area contributed by atoms with Gasteiger partial charge in [0, 0.05) is 11.1 Å². The summed E-state index contributed by atoms with van der Waals surface area (Å²) in [7, 11) is -5.02. The number of rotatable bonds is 3. The van der Waals surface area contributed by atoms with Crippen molar-refractivity contribution in [2.24, 2.45) is 0 Å². The number of benzene rings is 1. The highest BCUT2D eigenvalue weighted by Crippen LogP contribution is 2.23. The first-order valence-corrected chi connectivity index (χ1v) is 5.64. The number of aromatic carboxylic acids is 2. The van der Waals surface area contributed by atoms with Crippen LogP contribution in [-0.4, -0.2) is 24.9 Å². The molecule has 0 radical (unpaired) electrons. The summed E-state index contributed by atoms with van der Waals surface area (Å²) < 4.78 is 30.9. The molecule has 0 unspecified atom stereocenters. The molecular weight excluding hydrogens is 280 g/mol. The third-order valence-electron chi connectivity index (χ3n) is 2.05. The van der Waals surface area contributed by atoms with E-state index in [4.69, 9.17) is 4.55 Å². The Hall–Kier alpha value is -2.01. The zero-order valence-corrected chi connectivity index (χ0v) is 11.3. The maximum Gasteiger partial charge on any atom is 0.295 e. The van der Waals surface area contributed by atoms with Gasteiger partial charge in [-0.3, -0.25) is 4.55 Å². The van der Waals surface area contributed by atoms with E-state index in [1.807, 2.05) is 0 Å². The molecule has 0 aliphatic heterocycles. The summed E-state index contributed by atoms with van der Waals surface area (Å²) in [6, 6.07) is 1.91. The Bertz CT molecular complexity index is 609. The van der Waals surface area contributed by atoms with Crippen molar-refractivity contribution in [1.82, 2.24) is 12.3 Å². The maximum atomic E-state index is 11.0. The van der Waals surface area contributed by atoms with Gasteiger partial charge >= 0.3 is 0 Å². The van der Waals surface area contributed by atoms with Gasteiger partial charge in [-0.25, -0.2) is 0 Å². The minimum absolute atomic E-state index is 0. The van der Waals surface area contributed by atoms with Gasteiger partial charge in [0.1, 0.15) is 4.90 Å². The van der Waals surface area contributed by atoms with Crippen molar-refractivity contribution in [2.45, 2.75) is 11.8 Å². The van der Waals surface area contributed by atoms with Crippen molar-refractivity contribution in [2.75, 3.05) is 0 Å². The highest BCUT2D eigenvalue weighted by molar-refractivity contribution is 7.86. The molecule has 0 spiro atoms. The van der Waals surface area contributed by atoms with Gasteiger partial charge < -0.3 is 32.1 Å². The predicted molar refractivity (Wildman–Crippen MR) is 61.6 cm³/mol. The largest absolute Gasteiger partial charge is 0.545 e. The molecule has 0 heterocycles. The lowest BCUT2D eigenvalue weighted by Crippen LogP contribution is -2.30. The lowest BCUT2D eigenvalue weighted by atomic mass is 10.0. The summed E-state index contributed by atoms with van der Waals surface area (Å²) in [4.78, 5) is 20.2. The van der Waals surface area contributed by atoms with Crippen LogP contribution in [-0.2, 0) is 10.1 Å². The summed E-state index contributed by atoms with van der Waals surface area (Å²) in [6.07, 6.45) is 0. The molecule has 0 fully saturated rings. The third kappa shape index (κ3) is 3.72. The average Bonchev–Trinajstić information content (AvgIpc) is 2.14. The second kappa shape index (κ2) is 6.24. The van der Waals surface area contributed by atoms with Crippen molar-refractivity contribution in [3.05, 3.63) is 28.8 Å². The summed E-state index contributed by atoms with van der Waals surface area (Å²) in [5, 5.41) is 21.4. The Kier molecular flexibility index (Phi) is 6.35. The Balaban J connectivity index is 0. The Morgan fingerprint density at radius 1 is 1.11 bits per heavy atom. The van der Waals surface area contributed by atoms with Gasteiger partial charge in [0.05, 0.1) is 11.9 Å². The summed E-state index contributed by atoms with van der Waals surface area (Å²) in [5.74, 6) is -3.82. The van der Waals surface area contributed by atoms with E-state index in [0.29, 0.717) is 0 Å². The summed E-state index contributed by atoms with van der Waals surface area (Å²) >= 11 is 0. The van der Waals surface area contributed by atoms with Crippen molar-refractivity contribution in [1.29, 1.82) is 0 Å². The molecule has 19 heavy (non-hydrogen) atoms. The van der Waals surface area contributed by atoms with Crippen molar-refractivity contribution in [3.8, 4) is 0 Å². The minimum Gasteiger partial charge on any atom is -0.545 e. The van der Waals surface area contributed by atoms with Crippen molar-refractivity contribution < 1.29 is 32.8 Å². The molecule has 1 rings (SSSR count). The number of quaternary nitrogens is 2. The van der Waals surface area contributed by atoms with E-state index < -0.39 is 38.1 Å². The smallest absolute Gasteiger partial charge is 0.295 e. The summed E-state index contributed by atoms with van der Waals surface area (Å²) in [5.41, 5.74) is -1.88. The van der Waals surface area contributed by atoms with Gasteiger partial charge in [-0.05, 0) is 12.5 Å². The predicted octanol–water partition coefficient (Wildman–Crippen LogP) is -1.28. The van der Waals surface area contributed by atoms with E-state index in [1.165, 1.54) is 6.92 Å². The average molecular weight is 294 g/mol. The fraction of sp³-hybridized carbons (Fsp3) is 0.111. The molecular formula is C9H14N2O7S. The van der Waals surface area contributed by atoms with Gasteiger partial charge in [0.25, 0.3) is 10.1 Å². The van der Waals surface area contributed by atoms with Crippen LogP contribution in [0.3, 0.4) is 0 Å². The molecule has 0 saturated carbocycles. The van der Waals surface area contributed by atoms with Gasteiger partial charge in [-0.15, -0.1) is 0 Å². The van der Waals surface area contributed by atoms with Crippen molar-refractivity contribution in [3.63, 3.8) is 0 Å². The van der Waals surface area contributed by atoms with Crippen LogP contribution >= 0.6 is 0 Å². The third-order valence-corrected chi connectivity index (χ3v) is 2.99. The lowest BCUT2D eigenvalue weighted by Gasteiger charge is -2.16. The number of carbonyl (C=O) groups excluding carboxylic acids is 2. The van der Waals surface area contributed by atoms with Crippen LogP contribution in [0.4, 0.5) is 0 Å². The highest BCUT2D eigenvalue weighted by atomic mass is 32.2.